The number of nitrogens with one attached hydrogen (secondary N) is 2. The van der Waals surface area contributed by atoms with Gasteiger partial charge in [-0.05, 0) is 35.4 Å². The Hall–Kier alpha value is -2.99. The molecule has 0 aromatic carbocycles. The molecule has 0 spiro atoms. The maximum absolute atomic E-state index is 12.7. The molecule has 0 saturated heterocycles. The summed E-state index contributed by atoms with van der Waals surface area (Å²) in [5.74, 6) is -1.27. The van der Waals surface area contributed by atoms with Gasteiger partial charge in [-0.25, -0.2) is 14.8 Å². The molecule has 1 saturated carbocycles. The maximum Gasteiger partial charge on any atom is 0.409 e. The van der Waals surface area contributed by atoms with Crippen molar-refractivity contribution in [3.8, 4) is 0 Å². The fourth-order valence-corrected chi connectivity index (χ4v) is 4.15. The molecular formula is C23H26Cl2N6O5. The number of carbonyl (C=O) groups is 2. The first-order valence-electron chi connectivity index (χ1n) is 11.3. The van der Waals surface area contributed by atoms with Crippen LogP contribution in [0.15, 0.2) is 30.7 Å². The van der Waals surface area contributed by atoms with E-state index in [2.05, 4.69) is 25.7 Å². The first-order valence-corrected chi connectivity index (χ1v) is 12.1. The van der Waals surface area contributed by atoms with Gasteiger partial charge in [0.05, 0.1) is 26.0 Å². The number of nitrogens with zero attached hydrogens (tertiary/aromatic N) is 4. The summed E-state index contributed by atoms with van der Waals surface area (Å²) >= 11 is 12.1. The van der Waals surface area contributed by atoms with E-state index in [0.29, 0.717) is 24.4 Å². The summed E-state index contributed by atoms with van der Waals surface area (Å²) in [6.45, 7) is 4.20. The Morgan fingerprint density at radius 2 is 2.06 bits per heavy atom. The number of pyridine rings is 2. The van der Waals surface area contributed by atoms with Gasteiger partial charge in [-0.2, -0.15) is 5.10 Å². The van der Waals surface area contributed by atoms with Crippen LogP contribution in [0, 0.1) is 5.92 Å². The van der Waals surface area contributed by atoms with E-state index in [1.807, 2.05) is 6.20 Å². The number of anilines is 1. The van der Waals surface area contributed by atoms with Crippen molar-refractivity contribution in [2.75, 3.05) is 25.1 Å². The number of amides is 2. The smallest absolute Gasteiger partial charge is 0.409 e. The van der Waals surface area contributed by atoms with Crippen LogP contribution in [0.1, 0.15) is 31.7 Å². The minimum Gasteiger partial charge on any atom is -0.418 e. The van der Waals surface area contributed by atoms with E-state index in [1.165, 1.54) is 13.8 Å². The second kappa shape index (κ2) is 11.0. The van der Waals surface area contributed by atoms with Gasteiger partial charge in [-0.1, -0.05) is 23.2 Å². The Morgan fingerprint density at radius 1 is 1.25 bits per heavy atom. The second-order valence-corrected chi connectivity index (χ2v) is 9.62. The van der Waals surface area contributed by atoms with Crippen LogP contribution in [0.2, 0.25) is 10.3 Å². The molecule has 192 valence electrons. The van der Waals surface area contributed by atoms with E-state index < -0.39 is 11.9 Å². The third kappa shape index (κ3) is 7.03. The molecular weight excluding hydrogens is 511 g/mol. The molecule has 0 radical (unpaired) electrons. The second-order valence-electron chi connectivity index (χ2n) is 8.88. The summed E-state index contributed by atoms with van der Waals surface area (Å²) in [6, 6.07) is 3.38. The molecule has 36 heavy (non-hydrogen) atoms. The van der Waals surface area contributed by atoms with Crippen molar-refractivity contribution >= 4 is 51.8 Å². The number of rotatable bonds is 10. The first-order chi connectivity index (χ1) is 17.1. The zero-order valence-corrected chi connectivity index (χ0v) is 21.2. The lowest BCUT2D eigenvalue weighted by molar-refractivity contribution is -0.131. The zero-order valence-electron chi connectivity index (χ0n) is 19.7. The maximum atomic E-state index is 12.7. The Labute approximate surface area is 217 Å². The van der Waals surface area contributed by atoms with Gasteiger partial charge in [0.2, 0.25) is 11.7 Å². The molecule has 1 fully saturated rings. The molecule has 0 bridgehead atoms. The van der Waals surface area contributed by atoms with Gasteiger partial charge in [0.1, 0.15) is 16.1 Å². The number of aromatic nitrogens is 4. The lowest BCUT2D eigenvalue weighted by Crippen LogP contribution is -2.35. The van der Waals surface area contributed by atoms with E-state index in [-0.39, 0.29) is 41.2 Å². The topological polar surface area (TPSA) is 140 Å². The average Bonchev–Trinajstić information content (AvgIpc) is 3.45. The predicted octanol–water partition coefficient (Wildman–Crippen LogP) is 3.35. The van der Waals surface area contributed by atoms with Crippen LogP contribution in [-0.4, -0.2) is 62.4 Å². The van der Waals surface area contributed by atoms with Gasteiger partial charge < -0.3 is 25.2 Å². The van der Waals surface area contributed by atoms with Crippen molar-refractivity contribution in [2.24, 2.45) is 5.92 Å². The molecule has 1 aliphatic carbocycles. The SMILES string of the molecule is CC(C)(O)OC(=O)NCCOCCn1cc([C@H]2C[C@@H]2C(=O)Nc2cc3cc(Cl)nc(Cl)c3cn2)cn1. The number of halogens is 2. The highest BCUT2D eigenvalue weighted by Crippen LogP contribution is 2.47. The van der Waals surface area contributed by atoms with Crippen molar-refractivity contribution in [3.63, 3.8) is 0 Å². The monoisotopic (exact) mass is 536 g/mol. The van der Waals surface area contributed by atoms with Crippen LogP contribution in [-0.2, 0) is 20.8 Å². The highest BCUT2D eigenvalue weighted by Gasteiger charge is 2.44. The van der Waals surface area contributed by atoms with Crippen molar-refractivity contribution < 1.29 is 24.2 Å². The van der Waals surface area contributed by atoms with Gasteiger partial charge in [-0.3, -0.25) is 9.48 Å². The largest absolute Gasteiger partial charge is 0.418 e. The minimum atomic E-state index is -1.53. The van der Waals surface area contributed by atoms with Crippen molar-refractivity contribution in [2.45, 2.75) is 38.5 Å². The minimum absolute atomic E-state index is 0.0965. The molecule has 0 unspecified atom stereocenters. The van der Waals surface area contributed by atoms with Crippen LogP contribution < -0.4 is 10.6 Å². The molecule has 3 N–H and O–H groups in total. The highest BCUT2D eigenvalue weighted by atomic mass is 35.5. The van der Waals surface area contributed by atoms with Crippen LogP contribution in [0.4, 0.5) is 10.6 Å². The Bertz CT molecular complexity index is 1260. The molecule has 1 aliphatic rings. The van der Waals surface area contributed by atoms with Gasteiger partial charge >= 0.3 is 6.09 Å². The number of ether oxygens (including phenoxy) is 2. The molecule has 2 amide bonds. The first kappa shape index (κ1) is 26.1. The fourth-order valence-electron chi connectivity index (χ4n) is 3.66. The predicted molar refractivity (Wildman–Crippen MR) is 133 cm³/mol. The van der Waals surface area contributed by atoms with E-state index in [9.17, 15) is 14.7 Å². The summed E-state index contributed by atoms with van der Waals surface area (Å²) in [4.78, 5) is 32.4. The summed E-state index contributed by atoms with van der Waals surface area (Å²) in [5, 5.41) is 21.0. The molecule has 3 aromatic heterocycles. The van der Waals surface area contributed by atoms with Crippen molar-refractivity contribution in [1.82, 2.24) is 25.1 Å². The van der Waals surface area contributed by atoms with Gasteiger partial charge in [0, 0.05) is 44.1 Å². The zero-order chi connectivity index (χ0) is 25.9. The molecule has 4 rings (SSSR count). The standard InChI is InChI=1S/C23H26Cl2N6O5/c1-23(2,34)36-22(33)26-3-5-35-6-4-31-12-14(10-28-31)15-9-16(15)21(32)30-19-8-13-7-18(24)29-20(25)17(13)11-27-19/h7-8,10-12,15-16,34H,3-6,9H2,1-2H3,(H,26,33)(H,27,30,32)/t15-,16+/m1/s1. The number of aliphatic hydroxyl groups is 1. The van der Waals surface area contributed by atoms with Crippen LogP contribution >= 0.6 is 23.2 Å². The van der Waals surface area contributed by atoms with Crippen molar-refractivity contribution in [3.05, 3.63) is 46.6 Å². The summed E-state index contributed by atoms with van der Waals surface area (Å²) < 4.78 is 12.0. The third-order valence-electron chi connectivity index (χ3n) is 5.42. The van der Waals surface area contributed by atoms with E-state index in [4.69, 9.17) is 32.7 Å². The quantitative estimate of drug-likeness (QED) is 0.203. The number of hydrogen-bond acceptors (Lipinski definition) is 8. The summed E-state index contributed by atoms with van der Waals surface area (Å²) in [6.07, 6.45) is 5.25. The number of hydrogen-bond donors (Lipinski definition) is 3. The van der Waals surface area contributed by atoms with Gasteiger partial charge in [0.25, 0.3) is 0 Å². The highest BCUT2D eigenvalue weighted by molar-refractivity contribution is 6.36. The van der Waals surface area contributed by atoms with E-state index >= 15 is 0 Å². The van der Waals surface area contributed by atoms with Gasteiger partial charge in [-0.15, -0.1) is 0 Å². The van der Waals surface area contributed by atoms with E-state index in [0.717, 1.165) is 17.4 Å². The van der Waals surface area contributed by atoms with Crippen molar-refractivity contribution in [1.29, 1.82) is 0 Å². The molecule has 0 aliphatic heterocycles. The Kier molecular flexibility index (Phi) is 7.94. The number of fused-ring (bicyclic) bond motifs is 1. The normalized spacial score (nSPS) is 17.1. The lowest BCUT2D eigenvalue weighted by Gasteiger charge is -2.18. The van der Waals surface area contributed by atoms with Crippen LogP contribution in [0.25, 0.3) is 10.8 Å². The fraction of sp³-hybridized carbons (Fsp3) is 0.435. The number of alkyl carbamates (subject to hydrolysis) is 1. The molecule has 3 aromatic rings. The Balaban J connectivity index is 1.19. The molecule has 11 nitrogen and oxygen atoms in total. The molecule has 3 heterocycles. The van der Waals surface area contributed by atoms with E-state index in [1.54, 1.807) is 29.2 Å². The lowest BCUT2D eigenvalue weighted by atomic mass is 10.2. The van der Waals surface area contributed by atoms with Crippen LogP contribution in [0.3, 0.4) is 0 Å². The third-order valence-corrected chi connectivity index (χ3v) is 5.90. The summed E-state index contributed by atoms with van der Waals surface area (Å²) in [5.41, 5.74) is 0.988. The number of carbonyl (C=O) groups excluding carboxylic acids is 2. The van der Waals surface area contributed by atoms with Crippen LogP contribution in [0.5, 0.6) is 0 Å². The van der Waals surface area contributed by atoms with Gasteiger partial charge in [0.15, 0.2) is 0 Å². The molecule has 13 heteroatoms. The Morgan fingerprint density at radius 3 is 2.83 bits per heavy atom. The summed E-state index contributed by atoms with van der Waals surface area (Å²) in [7, 11) is 0. The molecule has 2 atom stereocenters. The average molecular weight is 537 g/mol.